The highest BCUT2D eigenvalue weighted by Gasteiger charge is 2.12. The van der Waals surface area contributed by atoms with E-state index >= 15 is 0 Å². The summed E-state index contributed by atoms with van der Waals surface area (Å²) in [5.74, 6) is -0.498. The van der Waals surface area contributed by atoms with E-state index in [2.05, 4.69) is 10.4 Å². The maximum Gasteiger partial charge on any atom is 0.307 e. The summed E-state index contributed by atoms with van der Waals surface area (Å²) in [6.07, 6.45) is 2.22. The average Bonchev–Trinajstić information content (AvgIpc) is 2.80. The molecule has 2 N–H and O–H groups in total. The Kier molecular flexibility index (Phi) is 3.42. The number of phenols is 1. The van der Waals surface area contributed by atoms with Crippen LogP contribution in [0.4, 0.5) is 11.4 Å². The molecule has 0 saturated carbocycles. The van der Waals surface area contributed by atoms with Gasteiger partial charge in [-0.1, -0.05) is 12.1 Å². The fourth-order valence-corrected chi connectivity index (χ4v) is 1.45. The van der Waals surface area contributed by atoms with Gasteiger partial charge in [0.1, 0.15) is 24.7 Å². The second-order valence-corrected chi connectivity index (χ2v) is 3.72. The fraction of sp³-hybridized carbons (Fsp3) is 0.0909. The molecule has 2 aromatic rings. The van der Waals surface area contributed by atoms with Crippen LogP contribution in [-0.4, -0.2) is 25.7 Å². The summed E-state index contributed by atoms with van der Waals surface area (Å²) < 4.78 is 1.15. The highest BCUT2D eigenvalue weighted by molar-refractivity contribution is 5.91. The molecule has 98 valence electrons. The lowest BCUT2D eigenvalue weighted by Gasteiger charge is -2.06. The van der Waals surface area contributed by atoms with Gasteiger partial charge in [-0.2, -0.15) is 5.10 Å². The first-order valence-corrected chi connectivity index (χ1v) is 5.31. The van der Waals surface area contributed by atoms with Crippen LogP contribution in [0, 0.1) is 10.1 Å². The molecule has 0 unspecified atom stereocenters. The number of aromatic hydroxyl groups is 1. The second kappa shape index (κ2) is 5.17. The third-order valence-corrected chi connectivity index (χ3v) is 2.31. The number of hydrogen-bond donors (Lipinski definition) is 2. The van der Waals surface area contributed by atoms with Crippen molar-refractivity contribution < 1.29 is 14.8 Å². The Morgan fingerprint density at radius 1 is 1.47 bits per heavy atom. The summed E-state index contributed by atoms with van der Waals surface area (Å²) in [7, 11) is 0. The molecule has 0 spiro atoms. The molecule has 0 saturated heterocycles. The van der Waals surface area contributed by atoms with E-state index in [1.54, 1.807) is 18.2 Å². The van der Waals surface area contributed by atoms with Crippen molar-refractivity contribution in [3.05, 3.63) is 46.8 Å². The number of benzene rings is 1. The van der Waals surface area contributed by atoms with Gasteiger partial charge in [-0.3, -0.25) is 19.6 Å². The maximum absolute atomic E-state index is 11.7. The lowest BCUT2D eigenvalue weighted by molar-refractivity contribution is -0.385. The minimum Gasteiger partial charge on any atom is -0.506 e. The Balaban J connectivity index is 2.01. The van der Waals surface area contributed by atoms with Crippen molar-refractivity contribution in [3.8, 4) is 5.75 Å². The van der Waals surface area contributed by atoms with Gasteiger partial charge in [0, 0.05) is 0 Å². The number of hydrogen-bond acceptors (Lipinski definition) is 5. The molecule has 2 rings (SSSR count). The number of phenolic OH excluding ortho intramolecular Hbond substituents is 1. The van der Waals surface area contributed by atoms with E-state index in [0.717, 1.165) is 17.1 Å². The third-order valence-electron chi connectivity index (χ3n) is 2.31. The van der Waals surface area contributed by atoms with Gasteiger partial charge in [0.15, 0.2) is 0 Å². The Labute approximate surface area is 107 Å². The molecule has 1 heterocycles. The lowest BCUT2D eigenvalue weighted by atomic mass is 10.3. The number of carbonyl (C=O) groups excluding carboxylic acids is 1. The molecule has 0 fully saturated rings. The van der Waals surface area contributed by atoms with Crippen LogP contribution in [0.5, 0.6) is 5.75 Å². The molecule has 1 amide bonds. The summed E-state index contributed by atoms with van der Waals surface area (Å²) in [4.78, 5) is 21.5. The molecular formula is C11H10N4O4. The molecule has 0 aliphatic rings. The fourth-order valence-electron chi connectivity index (χ4n) is 1.45. The monoisotopic (exact) mass is 262 g/mol. The van der Waals surface area contributed by atoms with Crippen molar-refractivity contribution in [1.29, 1.82) is 0 Å². The molecule has 19 heavy (non-hydrogen) atoms. The lowest BCUT2D eigenvalue weighted by Crippen LogP contribution is -2.19. The van der Waals surface area contributed by atoms with Crippen LogP contribution in [0.2, 0.25) is 0 Å². The van der Waals surface area contributed by atoms with Crippen LogP contribution in [0.15, 0.2) is 36.7 Å². The molecule has 8 heteroatoms. The van der Waals surface area contributed by atoms with E-state index < -0.39 is 10.8 Å². The number of nitrogens with one attached hydrogen (secondary N) is 1. The van der Waals surface area contributed by atoms with Gasteiger partial charge in [0.2, 0.25) is 5.91 Å². The first-order valence-electron chi connectivity index (χ1n) is 5.31. The van der Waals surface area contributed by atoms with Gasteiger partial charge >= 0.3 is 5.69 Å². The molecule has 1 aromatic carbocycles. The minimum absolute atomic E-state index is 0.0534. The van der Waals surface area contributed by atoms with Crippen LogP contribution in [-0.2, 0) is 11.3 Å². The standard InChI is InChI=1S/C11H10N4O4/c16-10-4-2-1-3-9(10)13-11(17)7-14-6-8(5-12-14)15(18)19/h1-6,16H,7H2,(H,13,17). The summed E-state index contributed by atoms with van der Waals surface area (Å²) in [6, 6.07) is 6.27. The molecule has 0 atom stereocenters. The quantitative estimate of drug-likeness (QED) is 0.487. The highest BCUT2D eigenvalue weighted by Crippen LogP contribution is 2.21. The van der Waals surface area contributed by atoms with Gasteiger partial charge in [0.05, 0.1) is 10.6 Å². The highest BCUT2D eigenvalue weighted by atomic mass is 16.6. The summed E-state index contributed by atoms with van der Waals surface area (Å²) in [6.45, 7) is -0.178. The minimum atomic E-state index is -0.593. The van der Waals surface area contributed by atoms with Crippen molar-refractivity contribution >= 4 is 17.3 Å². The van der Waals surface area contributed by atoms with E-state index in [0.29, 0.717) is 0 Å². The Hall–Kier alpha value is -2.90. The molecule has 0 aliphatic carbocycles. The first-order chi connectivity index (χ1) is 9.06. The molecule has 0 bridgehead atoms. The summed E-state index contributed by atoms with van der Waals surface area (Å²) >= 11 is 0. The largest absolute Gasteiger partial charge is 0.506 e. The number of rotatable bonds is 4. The van der Waals surface area contributed by atoms with E-state index in [9.17, 15) is 20.0 Å². The Morgan fingerprint density at radius 3 is 2.84 bits per heavy atom. The number of para-hydroxylation sites is 2. The van der Waals surface area contributed by atoms with Gasteiger partial charge in [-0.05, 0) is 12.1 Å². The number of nitrogens with zero attached hydrogens (tertiary/aromatic N) is 3. The van der Waals surface area contributed by atoms with Crippen LogP contribution in [0.25, 0.3) is 0 Å². The molecular weight excluding hydrogens is 252 g/mol. The van der Waals surface area contributed by atoms with Crippen molar-refractivity contribution in [2.75, 3.05) is 5.32 Å². The summed E-state index contributed by atoms with van der Waals surface area (Å²) in [5, 5.41) is 26.1. The number of anilines is 1. The van der Waals surface area contributed by atoms with Crippen LogP contribution in [0.3, 0.4) is 0 Å². The van der Waals surface area contributed by atoms with E-state index in [-0.39, 0.29) is 23.7 Å². The van der Waals surface area contributed by atoms with E-state index in [4.69, 9.17) is 0 Å². The Bertz CT molecular complexity index is 623. The zero-order valence-electron chi connectivity index (χ0n) is 9.68. The predicted molar refractivity (Wildman–Crippen MR) is 65.6 cm³/mol. The van der Waals surface area contributed by atoms with Crippen LogP contribution in [0.1, 0.15) is 0 Å². The smallest absolute Gasteiger partial charge is 0.307 e. The van der Waals surface area contributed by atoms with Crippen molar-refractivity contribution in [2.24, 2.45) is 0 Å². The number of aromatic nitrogens is 2. The molecule has 0 radical (unpaired) electrons. The molecule has 8 nitrogen and oxygen atoms in total. The topological polar surface area (TPSA) is 110 Å². The average molecular weight is 262 g/mol. The Morgan fingerprint density at radius 2 is 2.21 bits per heavy atom. The zero-order valence-corrected chi connectivity index (χ0v) is 9.68. The zero-order chi connectivity index (χ0) is 13.8. The second-order valence-electron chi connectivity index (χ2n) is 3.72. The SMILES string of the molecule is O=C(Cn1cc([N+](=O)[O-])cn1)Nc1ccccc1O. The predicted octanol–water partition coefficient (Wildman–Crippen LogP) is 1.14. The van der Waals surface area contributed by atoms with Gasteiger partial charge in [-0.15, -0.1) is 0 Å². The first kappa shape index (κ1) is 12.6. The van der Waals surface area contributed by atoms with Crippen LogP contribution < -0.4 is 5.32 Å². The number of carbonyl (C=O) groups is 1. The van der Waals surface area contributed by atoms with Gasteiger partial charge in [0.25, 0.3) is 0 Å². The molecule has 0 aliphatic heterocycles. The number of nitro groups is 1. The van der Waals surface area contributed by atoms with Crippen molar-refractivity contribution in [1.82, 2.24) is 9.78 Å². The van der Waals surface area contributed by atoms with E-state index in [1.807, 2.05) is 0 Å². The summed E-state index contributed by atoms with van der Waals surface area (Å²) in [5.41, 5.74) is 0.0875. The van der Waals surface area contributed by atoms with E-state index in [1.165, 1.54) is 6.07 Å². The van der Waals surface area contributed by atoms with Gasteiger partial charge in [-0.25, -0.2) is 0 Å². The van der Waals surface area contributed by atoms with Crippen molar-refractivity contribution in [2.45, 2.75) is 6.54 Å². The normalized spacial score (nSPS) is 10.1. The molecule has 1 aromatic heterocycles. The third kappa shape index (κ3) is 3.06. The maximum atomic E-state index is 11.7. The van der Waals surface area contributed by atoms with Gasteiger partial charge < -0.3 is 10.4 Å². The van der Waals surface area contributed by atoms with Crippen molar-refractivity contribution in [3.63, 3.8) is 0 Å². The number of amides is 1. The van der Waals surface area contributed by atoms with Crippen LogP contribution >= 0.6 is 0 Å².